The largest absolute Gasteiger partial charge is 0.356 e. The SMILES string of the molecule is Cc1cc(C)cc(Nc2cc[c]cc2)c1. The van der Waals surface area contributed by atoms with Crippen LogP contribution in [0, 0.1) is 19.9 Å². The number of benzene rings is 2. The van der Waals surface area contributed by atoms with Crippen LogP contribution in [0.5, 0.6) is 0 Å². The Balaban J connectivity index is 2.25. The highest BCUT2D eigenvalue weighted by atomic mass is 14.9. The van der Waals surface area contributed by atoms with Crippen LogP contribution in [0.1, 0.15) is 11.1 Å². The topological polar surface area (TPSA) is 12.0 Å². The first-order chi connectivity index (χ1) is 7.24. The molecule has 15 heavy (non-hydrogen) atoms. The van der Waals surface area contributed by atoms with Crippen molar-refractivity contribution < 1.29 is 0 Å². The molecule has 1 radical (unpaired) electrons. The van der Waals surface area contributed by atoms with Gasteiger partial charge in [0.15, 0.2) is 0 Å². The third-order valence-electron chi connectivity index (χ3n) is 2.23. The van der Waals surface area contributed by atoms with E-state index in [9.17, 15) is 0 Å². The Morgan fingerprint density at radius 1 is 0.867 bits per heavy atom. The smallest absolute Gasteiger partial charge is 0.0389 e. The summed E-state index contributed by atoms with van der Waals surface area (Å²) in [5.41, 5.74) is 4.79. The molecule has 1 nitrogen and oxygen atoms in total. The van der Waals surface area contributed by atoms with Crippen molar-refractivity contribution >= 4 is 11.4 Å². The molecule has 1 heteroatoms. The highest BCUT2D eigenvalue weighted by Crippen LogP contribution is 2.18. The van der Waals surface area contributed by atoms with Crippen LogP contribution in [-0.4, -0.2) is 0 Å². The van der Waals surface area contributed by atoms with E-state index >= 15 is 0 Å². The number of nitrogens with one attached hydrogen (secondary N) is 1. The molecule has 0 atom stereocenters. The van der Waals surface area contributed by atoms with Gasteiger partial charge in [0.05, 0.1) is 0 Å². The molecule has 2 aromatic rings. The Bertz CT molecular complexity index is 426. The summed E-state index contributed by atoms with van der Waals surface area (Å²) in [6, 6.07) is 17.3. The molecule has 2 rings (SSSR count). The molecule has 0 unspecified atom stereocenters. The maximum absolute atomic E-state index is 3.37. The molecule has 0 fully saturated rings. The normalized spacial score (nSPS) is 10.0. The summed E-state index contributed by atoms with van der Waals surface area (Å²) in [7, 11) is 0. The van der Waals surface area contributed by atoms with Gasteiger partial charge < -0.3 is 5.32 Å². The minimum atomic E-state index is 1.10. The fourth-order valence-corrected chi connectivity index (χ4v) is 1.68. The lowest BCUT2D eigenvalue weighted by Crippen LogP contribution is -1.91. The van der Waals surface area contributed by atoms with Gasteiger partial charge in [-0.25, -0.2) is 0 Å². The van der Waals surface area contributed by atoms with Crippen molar-refractivity contribution in [3.05, 3.63) is 59.7 Å². The molecule has 0 aliphatic rings. The predicted octanol–water partition coefficient (Wildman–Crippen LogP) is 3.85. The van der Waals surface area contributed by atoms with Crippen LogP contribution in [0.3, 0.4) is 0 Å². The van der Waals surface area contributed by atoms with E-state index in [4.69, 9.17) is 0 Å². The van der Waals surface area contributed by atoms with E-state index in [1.165, 1.54) is 11.1 Å². The Morgan fingerprint density at radius 2 is 1.47 bits per heavy atom. The van der Waals surface area contributed by atoms with E-state index in [-0.39, 0.29) is 0 Å². The molecule has 0 bridgehead atoms. The Kier molecular flexibility index (Phi) is 2.72. The zero-order valence-electron chi connectivity index (χ0n) is 9.04. The fraction of sp³-hybridized carbons (Fsp3) is 0.143. The summed E-state index contributed by atoms with van der Waals surface area (Å²) in [5, 5.41) is 3.37. The van der Waals surface area contributed by atoms with Crippen LogP contribution >= 0.6 is 0 Å². The van der Waals surface area contributed by atoms with Crippen molar-refractivity contribution in [3.8, 4) is 0 Å². The standard InChI is InChI=1S/C14H14N/c1-11-8-12(2)10-14(9-11)15-13-6-4-3-5-7-13/h4-10,15H,1-2H3. The quantitative estimate of drug-likeness (QED) is 0.769. The molecule has 2 aromatic carbocycles. The first-order valence-corrected chi connectivity index (χ1v) is 5.05. The van der Waals surface area contributed by atoms with Crippen LogP contribution in [0.2, 0.25) is 0 Å². The third-order valence-corrected chi connectivity index (χ3v) is 2.23. The molecule has 0 aliphatic heterocycles. The van der Waals surface area contributed by atoms with Crippen molar-refractivity contribution in [2.75, 3.05) is 5.32 Å². The summed E-state index contributed by atoms with van der Waals surface area (Å²) < 4.78 is 0. The molecule has 0 aliphatic carbocycles. The number of hydrogen-bond acceptors (Lipinski definition) is 1. The molecular formula is C14H14N. The van der Waals surface area contributed by atoms with E-state index in [1.807, 2.05) is 24.3 Å². The van der Waals surface area contributed by atoms with Crippen LogP contribution in [-0.2, 0) is 0 Å². The van der Waals surface area contributed by atoms with E-state index in [2.05, 4.69) is 43.4 Å². The maximum atomic E-state index is 3.37. The summed E-state index contributed by atoms with van der Waals surface area (Å²) >= 11 is 0. The minimum absolute atomic E-state index is 1.10. The lowest BCUT2D eigenvalue weighted by Gasteiger charge is -2.08. The van der Waals surface area contributed by atoms with Crippen LogP contribution in [0.25, 0.3) is 0 Å². The Morgan fingerprint density at radius 3 is 2.07 bits per heavy atom. The van der Waals surface area contributed by atoms with Gasteiger partial charge in [-0.3, -0.25) is 0 Å². The van der Waals surface area contributed by atoms with Crippen molar-refractivity contribution in [1.82, 2.24) is 0 Å². The van der Waals surface area contributed by atoms with Crippen LogP contribution in [0.15, 0.2) is 42.5 Å². The summed E-state index contributed by atoms with van der Waals surface area (Å²) in [4.78, 5) is 0. The zero-order chi connectivity index (χ0) is 10.7. The van der Waals surface area contributed by atoms with E-state index in [0.717, 1.165) is 11.4 Å². The monoisotopic (exact) mass is 196 g/mol. The first-order valence-electron chi connectivity index (χ1n) is 5.05. The molecule has 0 spiro atoms. The average molecular weight is 196 g/mol. The van der Waals surface area contributed by atoms with Gasteiger partial charge in [-0.1, -0.05) is 18.2 Å². The lowest BCUT2D eigenvalue weighted by atomic mass is 10.1. The second-order valence-electron chi connectivity index (χ2n) is 3.79. The Hall–Kier alpha value is -1.76. The van der Waals surface area contributed by atoms with Crippen molar-refractivity contribution in [2.24, 2.45) is 0 Å². The van der Waals surface area contributed by atoms with Gasteiger partial charge in [0.2, 0.25) is 0 Å². The van der Waals surface area contributed by atoms with Crippen molar-refractivity contribution in [2.45, 2.75) is 13.8 Å². The molecular weight excluding hydrogens is 182 g/mol. The molecule has 0 aromatic heterocycles. The summed E-state index contributed by atoms with van der Waals surface area (Å²) in [6.45, 7) is 4.22. The average Bonchev–Trinajstić information content (AvgIpc) is 2.17. The Labute approximate surface area is 90.8 Å². The first kappa shape index (κ1) is 9.78. The summed E-state index contributed by atoms with van der Waals surface area (Å²) in [6.07, 6.45) is 0. The van der Waals surface area contributed by atoms with Gasteiger partial charge >= 0.3 is 0 Å². The molecule has 0 heterocycles. The van der Waals surface area contributed by atoms with E-state index in [0.29, 0.717) is 0 Å². The van der Waals surface area contributed by atoms with E-state index < -0.39 is 0 Å². The second kappa shape index (κ2) is 4.18. The van der Waals surface area contributed by atoms with Crippen LogP contribution in [0.4, 0.5) is 11.4 Å². The third kappa shape index (κ3) is 2.59. The maximum Gasteiger partial charge on any atom is 0.0389 e. The molecule has 0 saturated carbocycles. The van der Waals surface area contributed by atoms with Gasteiger partial charge in [-0.15, -0.1) is 0 Å². The second-order valence-corrected chi connectivity index (χ2v) is 3.79. The molecule has 1 N–H and O–H groups in total. The highest BCUT2D eigenvalue weighted by molar-refractivity contribution is 5.60. The highest BCUT2D eigenvalue weighted by Gasteiger charge is 1.95. The number of rotatable bonds is 2. The summed E-state index contributed by atoms with van der Waals surface area (Å²) in [5.74, 6) is 0. The molecule has 75 valence electrons. The molecule has 0 amide bonds. The van der Waals surface area contributed by atoms with Crippen LogP contribution < -0.4 is 5.32 Å². The number of anilines is 2. The zero-order valence-corrected chi connectivity index (χ0v) is 9.04. The predicted molar refractivity (Wildman–Crippen MR) is 64.5 cm³/mol. The number of hydrogen-bond donors (Lipinski definition) is 1. The minimum Gasteiger partial charge on any atom is -0.356 e. The fourth-order valence-electron chi connectivity index (χ4n) is 1.68. The molecule has 0 saturated heterocycles. The number of aryl methyl sites for hydroxylation is 2. The van der Waals surface area contributed by atoms with Gasteiger partial charge in [-0.05, 0) is 55.3 Å². The van der Waals surface area contributed by atoms with Gasteiger partial charge in [-0.2, -0.15) is 0 Å². The lowest BCUT2D eigenvalue weighted by molar-refractivity contribution is 1.37. The van der Waals surface area contributed by atoms with E-state index in [1.54, 1.807) is 0 Å². The van der Waals surface area contributed by atoms with Crippen molar-refractivity contribution in [1.29, 1.82) is 0 Å². The van der Waals surface area contributed by atoms with Gasteiger partial charge in [0.25, 0.3) is 0 Å². The van der Waals surface area contributed by atoms with Gasteiger partial charge in [0.1, 0.15) is 0 Å². The van der Waals surface area contributed by atoms with Gasteiger partial charge in [0, 0.05) is 11.4 Å². The van der Waals surface area contributed by atoms with Crippen molar-refractivity contribution in [3.63, 3.8) is 0 Å².